The predicted octanol–water partition coefficient (Wildman–Crippen LogP) is 5.30. The van der Waals surface area contributed by atoms with Crippen LogP contribution in [0.2, 0.25) is 0 Å². The number of thiophene rings is 1. The highest BCUT2D eigenvalue weighted by Crippen LogP contribution is 2.33. The van der Waals surface area contributed by atoms with E-state index in [4.69, 9.17) is 9.72 Å². The molecule has 31 heavy (non-hydrogen) atoms. The molecule has 2 N–H and O–H groups in total. The number of fused-ring (bicyclic) bond motifs is 2. The van der Waals surface area contributed by atoms with Gasteiger partial charge in [-0.1, -0.05) is 12.1 Å². The molecule has 8 heteroatoms. The van der Waals surface area contributed by atoms with Gasteiger partial charge < -0.3 is 9.72 Å². The first-order valence-electron chi connectivity index (χ1n) is 9.66. The second kappa shape index (κ2) is 7.03. The fraction of sp³-hybridized carbons (Fsp3) is 0.0435. The summed E-state index contributed by atoms with van der Waals surface area (Å²) in [5.74, 6) is 1.42. The van der Waals surface area contributed by atoms with Gasteiger partial charge in [-0.05, 0) is 41.3 Å². The topological polar surface area (TPSA) is 92.4 Å². The van der Waals surface area contributed by atoms with Gasteiger partial charge in [-0.25, -0.2) is 4.98 Å². The fourth-order valence-corrected chi connectivity index (χ4v) is 4.43. The van der Waals surface area contributed by atoms with Crippen molar-refractivity contribution in [3.63, 3.8) is 0 Å². The van der Waals surface area contributed by atoms with Crippen molar-refractivity contribution in [1.82, 2.24) is 30.1 Å². The van der Waals surface area contributed by atoms with Crippen molar-refractivity contribution < 1.29 is 4.74 Å². The van der Waals surface area contributed by atoms with Gasteiger partial charge in [0, 0.05) is 23.3 Å². The van der Waals surface area contributed by atoms with Gasteiger partial charge >= 0.3 is 0 Å². The van der Waals surface area contributed by atoms with Gasteiger partial charge in [-0.3, -0.25) is 15.1 Å². The normalized spacial score (nSPS) is 11.4. The molecule has 0 aliphatic carbocycles. The number of hydrogen-bond acceptors (Lipinski definition) is 6. The first-order valence-corrected chi connectivity index (χ1v) is 10.5. The number of methoxy groups -OCH3 is 1. The third-order valence-corrected chi connectivity index (χ3v) is 6.10. The number of benzene rings is 1. The van der Waals surface area contributed by atoms with E-state index < -0.39 is 0 Å². The molecular weight excluding hydrogens is 408 g/mol. The lowest BCUT2D eigenvalue weighted by Crippen LogP contribution is -1.86. The molecule has 0 amide bonds. The van der Waals surface area contributed by atoms with Crippen LogP contribution in [0.15, 0.2) is 66.4 Å². The van der Waals surface area contributed by atoms with Crippen molar-refractivity contribution >= 4 is 33.3 Å². The molecule has 150 valence electrons. The Labute approximate surface area is 180 Å². The molecule has 6 rings (SSSR count). The zero-order valence-corrected chi connectivity index (χ0v) is 17.3. The van der Waals surface area contributed by atoms with Gasteiger partial charge in [0.25, 0.3) is 0 Å². The number of nitrogens with zero attached hydrogens (tertiary/aromatic N) is 4. The van der Waals surface area contributed by atoms with Crippen LogP contribution < -0.4 is 4.74 Å². The van der Waals surface area contributed by atoms with E-state index >= 15 is 0 Å². The molecule has 7 nitrogen and oxygen atoms in total. The van der Waals surface area contributed by atoms with Gasteiger partial charge in [-0.15, -0.1) is 11.3 Å². The summed E-state index contributed by atoms with van der Waals surface area (Å²) in [6.45, 7) is 0. The van der Waals surface area contributed by atoms with E-state index in [0.29, 0.717) is 5.82 Å². The number of ether oxygens (including phenoxy) is 1. The van der Waals surface area contributed by atoms with E-state index in [2.05, 4.69) is 37.3 Å². The van der Waals surface area contributed by atoms with E-state index in [-0.39, 0.29) is 0 Å². The Balaban J connectivity index is 1.50. The molecule has 0 bridgehead atoms. The van der Waals surface area contributed by atoms with Gasteiger partial charge in [0.2, 0.25) is 0 Å². The number of aromatic amines is 2. The maximum Gasteiger partial charge on any atom is 0.159 e. The fourth-order valence-electron chi connectivity index (χ4n) is 3.70. The molecule has 0 atom stereocenters. The molecule has 0 spiro atoms. The van der Waals surface area contributed by atoms with Crippen LogP contribution >= 0.6 is 11.3 Å². The molecule has 0 unspecified atom stereocenters. The van der Waals surface area contributed by atoms with Gasteiger partial charge in [0.05, 0.1) is 29.2 Å². The molecule has 0 aliphatic heterocycles. The van der Waals surface area contributed by atoms with Crippen molar-refractivity contribution in [3.8, 4) is 39.0 Å². The monoisotopic (exact) mass is 424 g/mol. The zero-order chi connectivity index (χ0) is 20.8. The summed E-state index contributed by atoms with van der Waals surface area (Å²) in [6, 6.07) is 14.1. The number of hydrogen-bond donors (Lipinski definition) is 2. The lowest BCUT2D eigenvalue weighted by Gasteiger charge is -2.04. The Bertz CT molecular complexity index is 1530. The van der Waals surface area contributed by atoms with Crippen LogP contribution in [0.5, 0.6) is 5.75 Å². The Kier molecular flexibility index (Phi) is 4.03. The van der Waals surface area contributed by atoms with Crippen LogP contribution in [-0.2, 0) is 0 Å². The lowest BCUT2D eigenvalue weighted by atomic mass is 10.0. The Morgan fingerprint density at radius 2 is 1.94 bits per heavy atom. The van der Waals surface area contributed by atoms with Gasteiger partial charge in [0.15, 0.2) is 5.82 Å². The summed E-state index contributed by atoms with van der Waals surface area (Å²) >= 11 is 1.65. The summed E-state index contributed by atoms with van der Waals surface area (Å²) in [4.78, 5) is 18.2. The van der Waals surface area contributed by atoms with E-state index in [1.807, 2.05) is 41.9 Å². The van der Waals surface area contributed by atoms with Crippen molar-refractivity contribution in [2.24, 2.45) is 0 Å². The third-order valence-electron chi connectivity index (χ3n) is 5.22. The van der Waals surface area contributed by atoms with Gasteiger partial charge in [0.1, 0.15) is 22.7 Å². The minimum atomic E-state index is 0.702. The predicted molar refractivity (Wildman–Crippen MR) is 122 cm³/mol. The van der Waals surface area contributed by atoms with Crippen molar-refractivity contribution in [2.75, 3.05) is 7.11 Å². The van der Waals surface area contributed by atoms with Crippen molar-refractivity contribution in [1.29, 1.82) is 0 Å². The second-order valence-electron chi connectivity index (χ2n) is 7.06. The zero-order valence-electron chi connectivity index (χ0n) is 16.5. The standard InChI is InChI=1S/C23H16N6OS/c1-30-15-9-14(11-24-12-15)13-4-5-17-16(10-13)20(29-28-17)23-26-18-6-7-25-22(21(18)27-23)19-3-2-8-31-19/h2-12H,1H3,(H,26,27)(H,28,29). The minimum Gasteiger partial charge on any atom is -0.495 e. The van der Waals surface area contributed by atoms with E-state index in [1.165, 1.54) is 0 Å². The first kappa shape index (κ1) is 17.8. The molecule has 1 aromatic carbocycles. The molecule has 5 heterocycles. The van der Waals surface area contributed by atoms with Crippen molar-refractivity contribution in [2.45, 2.75) is 0 Å². The molecule has 6 aromatic rings. The first-order chi connectivity index (χ1) is 15.3. The van der Waals surface area contributed by atoms with Crippen LogP contribution in [0.3, 0.4) is 0 Å². The third kappa shape index (κ3) is 2.96. The smallest absolute Gasteiger partial charge is 0.159 e. The Morgan fingerprint density at radius 1 is 0.968 bits per heavy atom. The van der Waals surface area contributed by atoms with Crippen LogP contribution in [0.25, 0.3) is 55.2 Å². The SMILES string of the molecule is COc1cncc(-c2ccc3[nH]nc(-c4nc5c(-c6cccs6)nccc5[nH]4)c3c2)c1. The summed E-state index contributed by atoms with van der Waals surface area (Å²) in [7, 11) is 1.64. The van der Waals surface area contributed by atoms with Gasteiger partial charge in [-0.2, -0.15) is 5.10 Å². The van der Waals surface area contributed by atoms with Crippen LogP contribution in [0.4, 0.5) is 0 Å². The molecule has 0 radical (unpaired) electrons. The van der Waals surface area contributed by atoms with E-state index in [0.717, 1.165) is 55.1 Å². The molecule has 0 aliphatic rings. The average molecular weight is 424 g/mol. The molecule has 5 aromatic heterocycles. The number of rotatable bonds is 4. The summed E-state index contributed by atoms with van der Waals surface area (Å²) < 4.78 is 5.32. The Morgan fingerprint density at radius 3 is 2.81 bits per heavy atom. The quantitative estimate of drug-likeness (QED) is 0.401. The van der Waals surface area contributed by atoms with Crippen molar-refractivity contribution in [3.05, 3.63) is 66.4 Å². The summed E-state index contributed by atoms with van der Waals surface area (Å²) in [6.07, 6.45) is 5.32. The van der Waals surface area contributed by atoms with Crippen LogP contribution in [-0.4, -0.2) is 37.2 Å². The molecular formula is C23H16N6OS. The molecule has 0 saturated carbocycles. The summed E-state index contributed by atoms with van der Waals surface area (Å²) in [5.41, 5.74) is 6.34. The summed E-state index contributed by atoms with van der Waals surface area (Å²) in [5, 5.41) is 10.7. The number of aromatic nitrogens is 6. The number of nitrogens with one attached hydrogen (secondary N) is 2. The molecule has 0 saturated heterocycles. The van der Waals surface area contributed by atoms with Crippen LogP contribution in [0, 0.1) is 0 Å². The lowest BCUT2D eigenvalue weighted by molar-refractivity contribution is 0.413. The number of pyridine rings is 2. The number of imidazole rings is 1. The highest BCUT2D eigenvalue weighted by atomic mass is 32.1. The highest BCUT2D eigenvalue weighted by Gasteiger charge is 2.16. The van der Waals surface area contributed by atoms with E-state index in [9.17, 15) is 0 Å². The second-order valence-corrected chi connectivity index (χ2v) is 8.01. The maximum absolute atomic E-state index is 5.32. The number of H-pyrrole nitrogens is 2. The maximum atomic E-state index is 5.32. The van der Waals surface area contributed by atoms with Crippen LogP contribution in [0.1, 0.15) is 0 Å². The Hall–Kier alpha value is -4.04. The largest absolute Gasteiger partial charge is 0.495 e. The van der Waals surface area contributed by atoms with E-state index in [1.54, 1.807) is 30.8 Å². The molecule has 0 fully saturated rings. The minimum absolute atomic E-state index is 0.702. The average Bonchev–Trinajstić information content (AvgIpc) is 3.57. The highest BCUT2D eigenvalue weighted by molar-refractivity contribution is 7.13.